The van der Waals surface area contributed by atoms with Gasteiger partial charge in [-0.1, -0.05) is 38.4 Å². The Balaban J connectivity index is 2.19. The average molecular weight is 401 g/mol. The summed E-state index contributed by atoms with van der Waals surface area (Å²) in [7, 11) is -3.27. The number of rotatable bonds is 7. The highest BCUT2D eigenvalue weighted by Gasteiger charge is 2.32. The van der Waals surface area contributed by atoms with Gasteiger partial charge in [0.15, 0.2) is 0 Å². The predicted octanol–water partition coefficient (Wildman–Crippen LogP) is 3.86. The van der Waals surface area contributed by atoms with Gasteiger partial charge in [0.1, 0.15) is 0 Å². The molecule has 1 fully saturated rings. The normalized spacial score (nSPS) is 18.7. The Morgan fingerprint density at radius 1 is 1.27 bits per heavy atom. The number of amides is 1. The number of aryl methyl sites for hydroxylation is 1. The van der Waals surface area contributed by atoms with E-state index in [0.29, 0.717) is 30.8 Å². The van der Waals surface area contributed by atoms with Crippen LogP contribution in [0.15, 0.2) is 12.1 Å². The number of carbonyl (C=O) groups excluding carboxylic acids is 1. The summed E-state index contributed by atoms with van der Waals surface area (Å²) in [5.41, 5.74) is 2.78. The molecule has 7 heteroatoms. The molecular weight excluding hydrogens is 372 g/mol. The van der Waals surface area contributed by atoms with Crippen LogP contribution >= 0.6 is 11.6 Å². The monoisotopic (exact) mass is 400 g/mol. The lowest BCUT2D eigenvalue weighted by Crippen LogP contribution is -2.44. The van der Waals surface area contributed by atoms with E-state index in [1.807, 2.05) is 32.9 Å². The van der Waals surface area contributed by atoms with Gasteiger partial charge in [-0.25, -0.2) is 12.7 Å². The molecule has 1 amide bonds. The van der Waals surface area contributed by atoms with E-state index in [9.17, 15) is 13.2 Å². The van der Waals surface area contributed by atoms with Crippen molar-refractivity contribution in [3.63, 3.8) is 0 Å². The van der Waals surface area contributed by atoms with Gasteiger partial charge < -0.3 is 5.32 Å². The molecule has 0 aliphatic carbocycles. The first kappa shape index (κ1) is 21.2. The number of sulfonamides is 1. The summed E-state index contributed by atoms with van der Waals surface area (Å²) in [5, 5.41) is 3.70. The number of nitrogens with one attached hydrogen (secondary N) is 1. The zero-order valence-corrected chi connectivity index (χ0v) is 17.4. The second-order valence-corrected chi connectivity index (χ2v) is 9.27. The van der Waals surface area contributed by atoms with Crippen LogP contribution in [-0.2, 0) is 27.7 Å². The molecule has 1 heterocycles. The quantitative estimate of drug-likeness (QED) is 0.755. The van der Waals surface area contributed by atoms with Gasteiger partial charge >= 0.3 is 0 Å². The maximum atomic E-state index is 12.9. The van der Waals surface area contributed by atoms with E-state index in [2.05, 4.69) is 5.32 Å². The molecule has 1 atom stereocenters. The van der Waals surface area contributed by atoms with Gasteiger partial charge in [-0.05, 0) is 49.3 Å². The fourth-order valence-corrected chi connectivity index (χ4v) is 5.37. The Hall–Kier alpha value is -1.11. The van der Waals surface area contributed by atoms with Crippen LogP contribution in [-0.4, -0.2) is 37.5 Å². The summed E-state index contributed by atoms with van der Waals surface area (Å²) in [6.45, 7) is 6.67. The Labute approximate surface area is 162 Å². The second-order valence-electron chi connectivity index (χ2n) is 6.77. The lowest BCUT2D eigenvalue weighted by Gasteiger charge is -2.31. The molecule has 0 unspecified atom stereocenters. The van der Waals surface area contributed by atoms with Crippen LogP contribution in [0.5, 0.6) is 0 Å². The third-order valence-corrected chi connectivity index (χ3v) is 7.33. The zero-order valence-electron chi connectivity index (χ0n) is 15.8. The van der Waals surface area contributed by atoms with E-state index in [-0.39, 0.29) is 24.1 Å². The van der Waals surface area contributed by atoms with Crippen LogP contribution < -0.4 is 5.32 Å². The van der Waals surface area contributed by atoms with Crippen molar-refractivity contribution in [3.8, 4) is 0 Å². The molecule has 0 bridgehead atoms. The van der Waals surface area contributed by atoms with Crippen molar-refractivity contribution in [2.75, 3.05) is 24.2 Å². The van der Waals surface area contributed by atoms with Gasteiger partial charge in [0.25, 0.3) is 0 Å². The summed E-state index contributed by atoms with van der Waals surface area (Å²) in [4.78, 5) is 12.9. The highest BCUT2D eigenvalue weighted by atomic mass is 35.5. The standard InChI is InChI=1S/C19H29ClN2O3S/c1-4-12-26(24,25)22-11-7-8-15(13-22)19(23)21-18-14(5-2)9-10-17(20)16(18)6-3/h9-10,15H,4-8,11-13H2,1-3H3,(H,21,23)/t15-/m1/s1. The number of hydrogen-bond donors (Lipinski definition) is 1. The fraction of sp³-hybridized carbons (Fsp3) is 0.632. The van der Waals surface area contributed by atoms with Crippen molar-refractivity contribution in [1.82, 2.24) is 4.31 Å². The van der Waals surface area contributed by atoms with Crippen molar-refractivity contribution in [1.29, 1.82) is 0 Å². The average Bonchev–Trinajstić information content (AvgIpc) is 2.62. The van der Waals surface area contributed by atoms with E-state index in [1.54, 1.807) is 0 Å². The predicted molar refractivity (Wildman–Crippen MR) is 107 cm³/mol. The van der Waals surface area contributed by atoms with Gasteiger partial charge in [0, 0.05) is 23.8 Å². The van der Waals surface area contributed by atoms with Crippen LogP contribution in [0.1, 0.15) is 51.2 Å². The van der Waals surface area contributed by atoms with E-state index in [4.69, 9.17) is 11.6 Å². The third kappa shape index (κ3) is 4.78. The minimum atomic E-state index is -3.27. The van der Waals surface area contributed by atoms with Crippen LogP contribution in [0.2, 0.25) is 5.02 Å². The summed E-state index contributed by atoms with van der Waals surface area (Å²) in [6, 6.07) is 3.81. The first-order valence-corrected chi connectivity index (χ1v) is 11.4. The van der Waals surface area contributed by atoms with Crippen molar-refractivity contribution in [2.24, 2.45) is 5.92 Å². The zero-order chi connectivity index (χ0) is 19.3. The summed E-state index contributed by atoms with van der Waals surface area (Å²) >= 11 is 6.31. The highest BCUT2D eigenvalue weighted by molar-refractivity contribution is 7.89. The maximum Gasteiger partial charge on any atom is 0.228 e. The SMILES string of the molecule is CCCS(=O)(=O)N1CCC[C@@H](C(=O)Nc2c(CC)ccc(Cl)c2CC)C1. The molecule has 1 aliphatic heterocycles. The molecule has 146 valence electrons. The largest absolute Gasteiger partial charge is 0.325 e. The minimum absolute atomic E-state index is 0.118. The van der Waals surface area contributed by atoms with Crippen LogP contribution in [0.25, 0.3) is 0 Å². The molecule has 5 nitrogen and oxygen atoms in total. The lowest BCUT2D eigenvalue weighted by atomic mass is 9.97. The molecule has 1 aromatic rings. The van der Waals surface area contributed by atoms with E-state index < -0.39 is 10.0 Å². The van der Waals surface area contributed by atoms with E-state index >= 15 is 0 Å². The van der Waals surface area contributed by atoms with Crippen molar-refractivity contribution in [3.05, 3.63) is 28.3 Å². The fourth-order valence-electron chi connectivity index (χ4n) is 3.49. The summed E-state index contributed by atoms with van der Waals surface area (Å²) in [5.74, 6) is -0.313. The van der Waals surface area contributed by atoms with Gasteiger partial charge in [0.2, 0.25) is 15.9 Å². The number of hydrogen-bond acceptors (Lipinski definition) is 3. The highest BCUT2D eigenvalue weighted by Crippen LogP contribution is 2.31. The van der Waals surface area contributed by atoms with Gasteiger partial charge in [-0.2, -0.15) is 0 Å². The molecule has 1 saturated heterocycles. The first-order chi connectivity index (χ1) is 12.3. The van der Waals surface area contributed by atoms with Crippen molar-refractivity contribution < 1.29 is 13.2 Å². The molecule has 1 aliphatic rings. The number of halogens is 1. The topological polar surface area (TPSA) is 66.5 Å². The third-order valence-electron chi connectivity index (χ3n) is 4.94. The van der Waals surface area contributed by atoms with Crippen LogP contribution in [0.3, 0.4) is 0 Å². The Kier molecular flexibility index (Phi) is 7.50. The van der Waals surface area contributed by atoms with Crippen LogP contribution in [0.4, 0.5) is 5.69 Å². The molecule has 0 radical (unpaired) electrons. The molecule has 0 saturated carbocycles. The van der Waals surface area contributed by atoms with Crippen molar-refractivity contribution >= 4 is 33.2 Å². The number of benzene rings is 1. The molecule has 1 N–H and O–H groups in total. The maximum absolute atomic E-state index is 12.9. The van der Waals surface area contributed by atoms with E-state index in [0.717, 1.165) is 29.7 Å². The number of anilines is 1. The molecule has 0 aromatic heterocycles. The summed E-state index contributed by atoms with van der Waals surface area (Å²) < 4.78 is 26.1. The second kappa shape index (κ2) is 9.20. The first-order valence-electron chi connectivity index (χ1n) is 9.42. The minimum Gasteiger partial charge on any atom is -0.325 e. The van der Waals surface area contributed by atoms with Gasteiger partial charge in [-0.15, -0.1) is 0 Å². The Bertz CT molecular complexity index is 749. The molecule has 26 heavy (non-hydrogen) atoms. The number of carbonyl (C=O) groups is 1. The molecule has 1 aromatic carbocycles. The van der Waals surface area contributed by atoms with Crippen LogP contribution in [0, 0.1) is 5.92 Å². The number of nitrogens with zero attached hydrogens (tertiary/aromatic N) is 1. The lowest BCUT2D eigenvalue weighted by molar-refractivity contribution is -0.120. The Morgan fingerprint density at radius 2 is 2.00 bits per heavy atom. The number of piperidine rings is 1. The molecule has 2 rings (SSSR count). The molecule has 0 spiro atoms. The Morgan fingerprint density at radius 3 is 2.62 bits per heavy atom. The van der Waals surface area contributed by atoms with Crippen molar-refractivity contribution in [2.45, 2.75) is 52.9 Å². The van der Waals surface area contributed by atoms with Gasteiger partial charge in [0.05, 0.1) is 11.7 Å². The van der Waals surface area contributed by atoms with Gasteiger partial charge in [-0.3, -0.25) is 4.79 Å². The summed E-state index contributed by atoms with van der Waals surface area (Å²) in [6.07, 6.45) is 3.51. The van der Waals surface area contributed by atoms with E-state index in [1.165, 1.54) is 4.31 Å². The smallest absolute Gasteiger partial charge is 0.228 e. The molecular formula is C19H29ClN2O3S.